The number of hydrogen-bond acceptors (Lipinski definition) is 3. The maximum Gasteiger partial charge on any atom is 0.123 e. The molecule has 0 saturated carbocycles. The number of nitrogens with one attached hydrogen (secondary N) is 1. The van der Waals surface area contributed by atoms with Crippen LogP contribution in [0.25, 0.3) is 5.69 Å². The maximum absolute atomic E-state index is 3.83. The summed E-state index contributed by atoms with van der Waals surface area (Å²) in [6.45, 7) is 3.95. The van der Waals surface area contributed by atoms with Gasteiger partial charge < -0.3 is 9.88 Å². The second kappa shape index (κ2) is 5.61. The lowest BCUT2D eigenvalue weighted by Crippen LogP contribution is -2.06. The van der Waals surface area contributed by atoms with Crippen LogP contribution in [0, 0.1) is 0 Å². The van der Waals surface area contributed by atoms with Crippen LogP contribution in [0.1, 0.15) is 12.6 Å². The van der Waals surface area contributed by atoms with E-state index in [-0.39, 0.29) is 0 Å². The Kier molecular flexibility index (Phi) is 3.50. The van der Waals surface area contributed by atoms with Crippen LogP contribution >= 0.6 is 0 Å². The number of anilines is 1. The summed E-state index contributed by atoms with van der Waals surface area (Å²) in [5.41, 5.74) is 3.41. The van der Waals surface area contributed by atoms with Crippen LogP contribution in [-0.2, 0) is 13.1 Å². The largest absolute Gasteiger partial charge is 0.379 e. The van der Waals surface area contributed by atoms with E-state index in [0.29, 0.717) is 0 Å². The van der Waals surface area contributed by atoms with Crippen molar-refractivity contribution in [2.45, 2.75) is 20.0 Å². The van der Waals surface area contributed by atoms with Crippen molar-refractivity contribution in [3.8, 4) is 5.69 Å². The SMILES string of the molecule is CCn1cccc1CNc1cccc(-n2cnnc2)c1. The minimum absolute atomic E-state index is 0.812. The highest BCUT2D eigenvalue weighted by Gasteiger charge is 2.01. The first-order chi connectivity index (χ1) is 9.86. The van der Waals surface area contributed by atoms with Crippen molar-refractivity contribution in [3.05, 3.63) is 60.9 Å². The Labute approximate surface area is 117 Å². The molecule has 0 aliphatic rings. The van der Waals surface area contributed by atoms with Gasteiger partial charge in [0.1, 0.15) is 12.7 Å². The molecule has 2 aromatic heterocycles. The van der Waals surface area contributed by atoms with Gasteiger partial charge in [-0.1, -0.05) is 6.07 Å². The molecule has 0 aliphatic carbocycles. The highest BCUT2D eigenvalue weighted by atomic mass is 15.2. The second-order valence-corrected chi connectivity index (χ2v) is 4.56. The molecule has 3 rings (SSSR count). The highest BCUT2D eigenvalue weighted by Crippen LogP contribution is 2.15. The van der Waals surface area contributed by atoms with Crippen LogP contribution in [0.15, 0.2) is 55.2 Å². The lowest BCUT2D eigenvalue weighted by atomic mass is 10.2. The average molecular weight is 267 g/mol. The number of aromatic nitrogens is 4. The van der Waals surface area contributed by atoms with Gasteiger partial charge in [0.25, 0.3) is 0 Å². The number of aryl methyl sites for hydroxylation is 1. The van der Waals surface area contributed by atoms with E-state index in [2.05, 4.69) is 57.5 Å². The van der Waals surface area contributed by atoms with Gasteiger partial charge in [0, 0.05) is 24.1 Å². The summed E-state index contributed by atoms with van der Waals surface area (Å²) in [4.78, 5) is 0. The van der Waals surface area contributed by atoms with E-state index in [0.717, 1.165) is 24.5 Å². The van der Waals surface area contributed by atoms with Gasteiger partial charge in [0.05, 0.1) is 12.2 Å². The molecule has 0 atom stereocenters. The third-order valence-electron chi connectivity index (χ3n) is 3.30. The van der Waals surface area contributed by atoms with Gasteiger partial charge in [-0.25, -0.2) is 0 Å². The van der Waals surface area contributed by atoms with Crippen LogP contribution in [0.5, 0.6) is 0 Å². The van der Waals surface area contributed by atoms with Crippen molar-refractivity contribution in [1.29, 1.82) is 0 Å². The molecule has 2 heterocycles. The monoisotopic (exact) mass is 267 g/mol. The van der Waals surface area contributed by atoms with Crippen LogP contribution in [0.3, 0.4) is 0 Å². The molecule has 20 heavy (non-hydrogen) atoms. The van der Waals surface area contributed by atoms with E-state index in [4.69, 9.17) is 0 Å². The molecule has 1 N–H and O–H groups in total. The lowest BCUT2D eigenvalue weighted by molar-refractivity contribution is 0.724. The van der Waals surface area contributed by atoms with E-state index >= 15 is 0 Å². The summed E-state index contributed by atoms with van der Waals surface area (Å²) in [7, 11) is 0. The summed E-state index contributed by atoms with van der Waals surface area (Å²) >= 11 is 0. The van der Waals surface area contributed by atoms with Crippen molar-refractivity contribution >= 4 is 5.69 Å². The van der Waals surface area contributed by atoms with Gasteiger partial charge in [-0.05, 0) is 37.3 Å². The average Bonchev–Trinajstić information content (AvgIpc) is 3.16. The molecule has 0 unspecified atom stereocenters. The summed E-state index contributed by atoms with van der Waals surface area (Å²) in [6.07, 6.45) is 5.49. The first-order valence-corrected chi connectivity index (χ1v) is 6.70. The number of hydrogen-bond donors (Lipinski definition) is 1. The fraction of sp³-hybridized carbons (Fsp3) is 0.200. The van der Waals surface area contributed by atoms with E-state index in [1.165, 1.54) is 5.69 Å². The Bertz CT molecular complexity index is 669. The molecule has 102 valence electrons. The first kappa shape index (κ1) is 12.5. The van der Waals surface area contributed by atoms with Gasteiger partial charge in [-0.2, -0.15) is 0 Å². The maximum atomic E-state index is 3.83. The minimum Gasteiger partial charge on any atom is -0.379 e. The molecular weight excluding hydrogens is 250 g/mol. The Morgan fingerprint density at radius 2 is 1.95 bits per heavy atom. The Hall–Kier alpha value is -2.56. The van der Waals surface area contributed by atoms with E-state index in [9.17, 15) is 0 Å². The van der Waals surface area contributed by atoms with Gasteiger partial charge in [0.15, 0.2) is 0 Å². The number of benzene rings is 1. The molecule has 0 radical (unpaired) electrons. The minimum atomic E-state index is 0.812. The molecule has 5 heteroatoms. The molecular formula is C15H17N5. The van der Waals surface area contributed by atoms with Crippen LogP contribution in [-0.4, -0.2) is 19.3 Å². The van der Waals surface area contributed by atoms with Crippen molar-refractivity contribution in [2.24, 2.45) is 0 Å². The van der Waals surface area contributed by atoms with Crippen LogP contribution in [0.4, 0.5) is 5.69 Å². The molecule has 1 aromatic carbocycles. The molecule has 0 fully saturated rings. The zero-order valence-corrected chi connectivity index (χ0v) is 11.4. The summed E-state index contributed by atoms with van der Waals surface area (Å²) in [5.74, 6) is 0. The van der Waals surface area contributed by atoms with Crippen molar-refractivity contribution < 1.29 is 0 Å². The smallest absolute Gasteiger partial charge is 0.123 e. The molecule has 0 spiro atoms. The summed E-state index contributed by atoms with van der Waals surface area (Å²) < 4.78 is 4.12. The summed E-state index contributed by atoms with van der Waals surface area (Å²) in [5, 5.41) is 11.1. The fourth-order valence-corrected chi connectivity index (χ4v) is 2.22. The molecule has 0 amide bonds. The Balaban J connectivity index is 1.74. The number of nitrogens with zero attached hydrogens (tertiary/aromatic N) is 4. The second-order valence-electron chi connectivity index (χ2n) is 4.56. The zero-order valence-electron chi connectivity index (χ0n) is 11.4. The Morgan fingerprint density at radius 1 is 1.10 bits per heavy atom. The van der Waals surface area contributed by atoms with Crippen molar-refractivity contribution in [3.63, 3.8) is 0 Å². The van der Waals surface area contributed by atoms with Crippen molar-refractivity contribution in [2.75, 3.05) is 5.32 Å². The molecule has 3 aromatic rings. The first-order valence-electron chi connectivity index (χ1n) is 6.70. The normalized spacial score (nSPS) is 10.7. The van der Waals surface area contributed by atoms with Crippen molar-refractivity contribution in [1.82, 2.24) is 19.3 Å². The highest BCUT2D eigenvalue weighted by molar-refractivity contribution is 5.51. The van der Waals surface area contributed by atoms with E-state index in [1.807, 2.05) is 16.7 Å². The fourth-order valence-electron chi connectivity index (χ4n) is 2.22. The van der Waals surface area contributed by atoms with Gasteiger partial charge in [-0.15, -0.1) is 10.2 Å². The van der Waals surface area contributed by atoms with Gasteiger partial charge in [0.2, 0.25) is 0 Å². The molecule has 0 aliphatic heterocycles. The summed E-state index contributed by atoms with van der Waals surface area (Å²) in [6, 6.07) is 12.4. The van der Waals surface area contributed by atoms with Crippen LogP contribution < -0.4 is 5.32 Å². The zero-order chi connectivity index (χ0) is 13.8. The predicted octanol–water partition coefficient (Wildman–Crippen LogP) is 2.70. The standard InChI is InChI=1S/C15H17N5/c1-2-19-8-4-7-15(19)10-16-13-5-3-6-14(9-13)20-11-17-18-12-20/h3-9,11-12,16H,2,10H2,1H3. The van der Waals surface area contributed by atoms with E-state index in [1.54, 1.807) is 12.7 Å². The predicted molar refractivity (Wildman–Crippen MR) is 78.8 cm³/mol. The molecule has 5 nitrogen and oxygen atoms in total. The molecule has 0 saturated heterocycles. The third kappa shape index (κ3) is 2.56. The molecule has 0 bridgehead atoms. The topological polar surface area (TPSA) is 47.7 Å². The Morgan fingerprint density at radius 3 is 2.75 bits per heavy atom. The quantitative estimate of drug-likeness (QED) is 0.773. The van der Waals surface area contributed by atoms with Gasteiger partial charge >= 0.3 is 0 Å². The third-order valence-corrected chi connectivity index (χ3v) is 3.30. The van der Waals surface area contributed by atoms with Crippen LogP contribution in [0.2, 0.25) is 0 Å². The number of rotatable bonds is 5. The van der Waals surface area contributed by atoms with E-state index < -0.39 is 0 Å². The van der Waals surface area contributed by atoms with Gasteiger partial charge in [-0.3, -0.25) is 4.57 Å². The lowest BCUT2D eigenvalue weighted by Gasteiger charge is -2.10.